The fraction of sp³-hybridized carbons (Fsp3) is 0.250. The minimum Gasteiger partial charge on any atom is -0.437 e. The van der Waals surface area contributed by atoms with E-state index in [0.29, 0.717) is 30.4 Å². The molecule has 1 aliphatic rings. The van der Waals surface area contributed by atoms with Crippen LogP contribution in [0.2, 0.25) is 0 Å². The van der Waals surface area contributed by atoms with Crippen LogP contribution in [0.1, 0.15) is 34.9 Å². The number of amides is 1. The first-order chi connectivity index (χ1) is 13.3. The summed E-state index contributed by atoms with van der Waals surface area (Å²) < 4.78 is 5.78. The van der Waals surface area contributed by atoms with Crippen molar-refractivity contribution < 1.29 is 9.53 Å². The first kappa shape index (κ1) is 17.1. The summed E-state index contributed by atoms with van der Waals surface area (Å²) in [5.74, 6) is 1.22. The molecule has 0 bridgehead atoms. The highest BCUT2D eigenvalue weighted by Crippen LogP contribution is 2.28. The van der Waals surface area contributed by atoms with Crippen LogP contribution in [0.3, 0.4) is 0 Å². The lowest BCUT2D eigenvalue weighted by atomic mass is 9.95. The molecule has 2 aromatic heterocycles. The molecular formula is C20H19N5O2. The number of rotatable bonds is 4. The van der Waals surface area contributed by atoms with Crippen molar-refractivity contribution in [2.24, 2.45) is 0 Å². The molecule has 1 aromatic carbocycles. The van der Waals surface area contributed by atoms with Gasteiger partial charge in [-0.25, -0.2) is 15.0 Å². The summed E-state index contributed by atoms with van der Waals surface area (Å²) in [7, 11) is 0. The van der Waals surface area contributed by atoms with E-state index in [9.17, 15) is 4.79 Å². The van der Waals surface area contributed by atoms with Crippen molar-refractivity contribution in [1.29, 1.82) is 0 Å². The van der Waals surface area contributed by atoms with E-state index in [1.165, 1.54) is 6.33 Å². The number of ether oxygens (including phenoxy) is 1. The molecular weight excluding hydrogens is 342 g/mol. The molecule has 0 saturated carbocycles. The Morgan fingerprint density at radius 1 is 1.11 bits per heavy atom. The Hall–Kier alpha value is -3.35. The second-order valence-corrected chi connectivity index (χ2v) is 6.38. The van der Waals surface area contributed by atoms with E-state index in [-0.39, 0.29) is 11.8 Å². The molecule has 3 aromatic rings. The van der Waals surface area contributed by atoms with Crippen LogP contribution in [0, 0.1) is 0 Å². The molecule has 1 aliphatic heterocycles. The molecule has 27 heavy (non-hydrogen) atoms. The van der Waals surface area contributed by atoms with Gasteiger partial charge in [0.2, 0.25) is 5.88 Å². The summed E-state index contributed by atoms with van der Waals surface area (Å²) in [6.07, 6.45) is 8.19. The van der Waals surface area contributed by atoms with Gasteiger partial charge in [-0.05, 0) is 31.0 Å². The number of hydrogen-bond donors (Lipinski definition) is 0. The molecule has 0 aliphatic carbocycles. The number of likely N-dealkylation sites (tertiary alicyclic amines) is 1. The SMILES string of the molecule is O=C(c1ccncn1)N1CCC[C@H](c2cncc(Oc3ccccc3)n2)C1. The highest BCUT2D eigenvalue weighted by Gasteiger charge is 2.27. The number of para-hydroxylation sites is 1. The molecule has 0 spiro atoms. The van der Waals surface area contributed by atoms with Crippen molar-refractivity contribution in [3.05, 3.63) is 72.7 Å². The number of benzene rings is 1. The first-order valence-corrected chi connectivity index (χ1v) is 8.90. The van der Waals surface area contributed by atoms with Crippen LogP contribution in [-0.2, 0) is 0 Å². The monoisotopic (exact) mass is 361 g/mol. The summed E-state index contributed by atoms with van der Waals surface area (Å²) in [5.41, 5.74) is 1.25. The lowest BCUT2D eigenvalue weighted by Gasteiger charge is -2.32. The Labute approximate surface area is 157 Å². The number of hydrogen-bond acceptors (Lipinski definition) is 6. The third kappa shape index (κ3) is 4.08. The summed E-state index contributed by atoms with van der Waals surface area (Å²) in [4.78, 5) is 31.3. The number of aromatic nitrogens is 4. The molecule has 7 heteroatoms. The average Bonchev–Trinajstić information content (AvgIpc) is 2.75. The van der Waals surface area contributed by atoms with Crippen LogP contribution in [-0.4, -0.2) is 43.8 Å². The average molecular weight is 361 g/mol. The molecule has 1 fully saturated rings. The van der Waals surface area contributed by atoms with Gasteiger partial charge in [0.25, 0.3) is 5.91 Å². The van der Waals surface area contributed by atoms with Gasteiger partial charge in [-0.2, -0.15) is 0 Å². The third-order valence-corrected chi connectivity index (χ3v) is 4.52. The molecule has 136 valence electrons. The van der Waals surface area contributed by atoms with Gasteiger partial charge in [0, 0.05) is 31.4 Å². The number of carbonyl (C=O) groups is 1. The van der Waals surface area contributed by atoms with Gasteiger partial charge in [0.05, 0.1) is 11.9 Å². The number of nitrogens with zero attached hydrogens (tertiary/aromatic N) is 5. The van der Waals surface area contributed by atoms with Gasteiger partial charge < -0.3 is 9.64 Å². The molecule has 4 rings (SSSR count). The van der Waals surface area contributed by atoms with Crippen molar-refractivity contribution in [3.63, 3.8) is 0 Å². The minimum absolute atomic E-state index is 0.0771. The van der Waals surface area contributed by atoms with Crippen molar-refractivity contribution in [3.8, 4) is 11.6 Å². The minimum atomic E-state index is -0.0771. The zero-order chi connectivity index (χ0) is 18.5. The van der Waals surface area contributed by atoms with Gasteiger partial charge >= 0.3 is 0 Å². The van der Waals surface area contributed by atoms with Crippen molar-refractivity contribution >= 4 is 5.91 Å². The molecule has 0 N–H and O–H groups in total. The van der Waals surface area contributed by atoms with E-state index < -0.39 is 0 Å². The smallest absolute Gasteiger partial charge is 0.272 e. The van der Waals surface area contributed by atoms with E-state index in [0.717, 1.165) is 18.5 Å². The van der Waals surface area contributed by atoms with Crippen LogP contribution < -0.4 is 4.74 Å². The molecule has 0 unspecified atom stereocenters. The van der Waals surface area contributed by atoms with Gasteiger partial charge in [-0.3, -0.25) is 9.78 Å². The predicted molar refractivity (Wildman–Crippen MR) is 98.5 cm³/mol. The van der Waals surface area contributed by atoms with Gasteiger partial charge in [0.1, 0.15) is 17.8 Å². The third-order valence-electron chi connectivity index (χ3n) is 4.52. The summed E-state index contributed by atoms with van der Waals surface area (Å²) in [6, 6.07) is 11.1. The van der Waals surface area contributed by atoms with Crippen molar-refractivity contribution in [2.45, 2.75) is 18.8 Å². The molecule has 1 amide bonds. The number of piperidine rings is 1. The molecule has 3 heterocycles. The zero-order valence-corrected chi connectivity index (χ0v) is 14.7. The largest absolute Gasteiger partial charge is 0.437 e. The maximum absolute atomic E-state index is 12.7. The lowest BCUT2D eigenvalue weighted by Crippen LogP contribution is -2.39. The topological polar surface area (TPSA) is 81.1 Å². The fourth-order valence-corrected chi connectivity index (χ4v) is 3.20. The second kappa shape index (κ2) is 7.90. The maximum atomic E-state index is 12.7. The number of carbonyl (C=O) groups excluding carboxylic acids is 1. The van der Waals surface area contributed by atoms with E-state index in [4.69, 9.17) is 4.74 Å². The van der Waals surface area contributed by atoms with Gasteiger partial charge in [0.15, 0.2) is 0 Å². The van der Waals surface area contributed by atoms with Crippen molar-refractivity contribution in [1.82, 2.24) is 24.8 Å². The van der Waals surface area contributed by atoms with Crippen LogP contribution in [0.15, 0.2) is 61.3 Å². The molecule has 1 atom stereocenters. The molecule has 7 nitrogen and oxygen atoms in total. The first-order valence-electron chi connectivity index (χ1n) is 8.90. The van der Waals surface area contributed by atoms with Crippen molar-refractivity contribution in [2.75, 3.05) is 13.1 Å². The Morgan fingerprint density at radius 3 is 2.81 bits per heavy atom. The summed E-state index contributed by atoms with van der Waals surface area (Å²) >= 11 is 0. The fourth-order valence-electron chi connectivity index (χ4n) is 3.20. The highest BCUT2D eigenvalue weighted by molar-refractivity contribution is 5.92. The van der Waals surface area contributed by atoms with Crippen LogP contribution in [0.5, 0.6) is 11.6 Å². The Bertz CT molecular complexity index is 905. The standard InChI is InChI=1S/C20H19N5O2/c26-20(17-8-9-21-14-23-17)25-10-4-5-15(13-25)18-11-22-12-19(24-18)27-16-6-2-1-3-7-16/h1-3,6-9,11-12,14-15H,4-5,10,13H2/t15-/m0/s1. The Balaban J connectivity index is 1.48. The second-order valence-electron chi connectivity index (χ2n) is 6.38. The zero-order valence-electron chi connectivity index (χ0n) is 14.7. The Morgan fingerprint density at radius 2 is 2.00 bits per heavy atom. The van der Waals surface area contributed by atoms with Gasteiger partial charge in [-0.15, -0.1) is 0 Å². The van der Waals surface area contributed by atoms with E-state index in [2.05, 4.69) is 19.9 Å². The Kier molecular flexibility index (Phi) is 5.00. The predicted octanol–water partition coefficient (Wildman–Crippen LogP) is 3.08. The van der Waals surface area contributed by atoms with Crippen LogP contribution in [0.25, 0.3) is 0 Å². The van der Waals surface area contributed by atoms with Crippen LogP contribution in [0.4, 0.5) is 0 Å². The van der Waals surface area contributed by atoms with Gasteiger partial charge in [-0.1, -0.05) is 18.2 Å². The summed E-state index contributed by atoms with van der Waals surface area (Å²) in [6.45, 7) is 1.30. The summed E-state index contributed by atoms with van der Waals surface area (Å²) in [5, 5.41) is 0. The quantitative estimate of drug-likeness (QED) is 0.710. The highest BCUT2D eigenvalue weighted by atomic mass is 16.5. The van der Waals surface area contributed by atoms with E-state index in [1.807, 2.05) is 35.2 Å². The van der Waals surface area contributed by atoms with E-state index in [1.54, 1.807) is 24.7 Å². The van der Waals surface area contributed by atoms with Crippen LogP contribution >= 0.6 is 0 Å². The lowest BCUT2D eigenvalue weighted by molar-refractivity contribution is 0.0699. The maximum Gasteiger partial charge on any atom is 0.272 e. The normalized spacial score (nSPS) is 16.7. The molecule has 0 radical (unpaired) electrons. The molecule has 1 saturated heterocycles. The van der Waals surface area contributed by atoms with E-state index >= 15 is 0 Å².